The van der Waals surface area contributed by atoms with Gasteiger partial charge in [0.05, 0.1) is 6.54 Å². The number of benzene rings is 1. The number of hydrogen-bond donors (Lipinski definition) is 2. The van der Waals surface area contributed by atoms with Crippen LogP contribution in [0.25, 0.3) is 0 Å². The number of nitrogens with one attached hydrogen (secondary N) is 2. The van der Waals surface area contributed by atoms with Gasteiger partial charge in [0, 0.05) is 20.5 Å². The first-order chi connectivity index (χ1) is 10.3. The molecule has 118 valence electrons. The first-order valence-corrected chi connectivity index (χ1v) is 9.14. The molecule has 2 aromatic rings. The maximum atomic E-state index is 12.0. The predicted molar refractivity (Wildman–Crippen MR) is 88.2 cm³/mol. The molecule has 0 aliphatic heterocycles. The fourth-order valence-electron chi connectivity index (χ4n) is 1.65. The topological polar surface area (TPSA) is 75.3 Å². The lowest BCUT2D eigenvalue weighted by Gasteiger charge is -2.05. The van der Waals surface area contributed by atoms with Crippen molar-refractivity contribution in [2.24, 2.45) is 0 Å². The molecule has 0 saturated carbocycles. The Balaban J connectivity index is 2.05. The first kappa shape index (κ1) is 17.2. The van der Waals surface area contributed by atoms with Crippen LogP contribution in [-0.2, 0) is 16.6 Å². The van der Waals surface area contributed by atoms with E-state index in [2.05, 4.69) is 10.0 Å². The maximum absolute atomic E-state index is 12.0. The largest absolute Gasteiger partial charge is 0.347 e. The lowest BCUT2D eigenvalue weighted by Crippen LogP contribution is -2.22. The van der Waals surface area contributed by atoms with Gasteiger partial charge in [-0.2, -0.15) is 0 Å². The lowest BCUT2D eigenvalue weighted by atomic mass is 10.2. The van der Waals surface area contributed by atoms with Gasteiger partial charge in [0.15, 0.2) is 0 Å². The van der Waals surface area contributed by atoms with Crippen molar-refractivity contribution in [2.75, 3.05) is 7.05 Å². The summed E-state index contributed by atoms with van der Waals surface area (Å²) in [7, 11) is -2.11. The van der Waals surface area contributed by atoms with Crippen LogP contribution in [0.5, 0.6) is 0 Å². The summed E-state index contributed by atoms with van der Waals surface area (Å²) in [6.07, 6.45) is 0. The second-order valence-corrected chi connectivity index (χ2v) is 8.42. The Labute approximate surface area is 142 Å². The van der Waals surface area contributed by atoms with Gasteiger partial charge in [-0.3, -0.25) is 4.79 Å². The highest BCUT2D eigenvalue weighted by molar-refractivity contribution is 7.91. The van der Waals surface area contributed by atoms with E-state index in [0.29, 0.717) is 15.6 Å². The lowest BCUT2D eigenvalue weighted by molar-refractivity contribution is 0.0951. The summed E-state index contributed by atoms with van der Waals surface area (Å²) in [6, 6.07) is 7.70. The van der Waals surface area contributed by atoms with E-state index in [1.165, 1.54) is 31.3 Å². The van der Waals surface area contributed by atoms with Gasteiger partial charge in [-0.25, -0.2) is 13.1 Å². The molecule has 1 heterocycles. The molecule has 0 fully saturated rings. The second kappa shape index (κ2) is 6.97. The number of rotatable bonds is 5. The molecule has 1 amide bonds. The quantitative estimate of drug-likeness (QED) is 0.839. The van der Waals surface area contributed by atoms with Crippen molar-refractivity contribution < 1.29 is 13.2 Å². The molecule has 2 N–H and O–H groups in total. The molecular weight excluding hydrogens is 367 g/mol. The smallest absolute Gasteiger partial charge is 0.251 e. The van der Waals surface area contributed by atoms with Crippen LogP contribution in [-0.4, -0.2) is 21.4 Å². The van der Waals surface area contributed by atoms with Crippen LogP contribution < -0.4 is 10.0 Å². The number of carbonyl (C=O) groups is 1. The Morgan fingerprint density at radius 2 is 1.82 bits per heavy atom. The Hall–Kier alpha value is -1.12. The van der Waals surface area contributed by atoms with E-state index >= 15 is 0 Å². The van der Waals surface area contributed by atoms with Crippen molar-refractivity contribution in [1.29, 1.82) is 0 Å². The van der Waals surface area contributed by atoms with Crippen LogP contribution in [0.4, 0.5) is 0 Å². The Bertz CT molecular complexity index is 783. The predicted octanol–water partition coefficient (Wildman–Crippen LogP) is 2.89. The molecule has 0 spiro atoms. The Morgan fingerprint density at radius 3 is 2.41 bits per heavy atom. The zero-order valence-corrected chi connectivity index (χ0v) is 14.5. The molecule has 0 aliphatic rings. The van der Waals surface area contributed by atoms with Crippen LogP contribution in [0.2, 0.25) is 10.0 Å². The van der Waals surface area contributed by atoms with Crippen LogP contribution in [0, 0.1) is 0 Å². The van der Waals surface area contributed by atoms with Crippen molar-refractivity contribution >= 4 is 50.5 Å². The fourth-order valence-corrected chi connectivity index (χ4v) is 4.31. The third-order valence-electron chi connectivity index (χ3n) is 2.72. The maximum Gasteiger partial charge on any atom is 0.251 e. The summed E-state index contributed by atoms with van der Waals surface area (Å²) in [6.45, 7) is 0.215. The normalized spacial score (nSPS) is 11.4. The third kappa shape index (κ3) is 4.21. The van der Waals surface area contributed by atoms with Crippen LogP contribution in [0.3, 0.4) is 0 Å². The molecule has 0 atom stereocenters. The molecule has 22 heavy (non-hydrogen) atoms. The highest BCUT2D eigenvalue weighted by Crippen LogP contribution is 2.22. The van der Waals surface area contributed by atoms with Gasteiger partial charge in [-0.05, 0) is 37.4 Å². The van der Waals surface area contributed by atoms with Gasteiger partial charge in [0.1, 0.15) is 4.21 Å². The zero-order chi connectivity index (χ0) is 16.3. The van der Waals surface area contributed by atoms with Gasteiger partial charge in [0.25, 0.3) is 5.91 Å². The summed E-state index contributed by atoms with van der Waals surface area (Å²) >= 11 is 12.8. The molecule has 0 aliphatic carbocycles. The number of halogens is 2. The summed E-state index contributed by atoms with van der Waals surface area (Å²) < 4.78 is 25.7. The molecule has 0 radical (unpaired) electrons. The highest BCUT2D eigenvalue weighted by Gasteiger charge is 2.15. The van der Waals surface area contributed by atoms with Gasteiger partial charge < -0.3 is 5.32 Å². The van der Waals surface area contributed by atoms with Crippen molar-refractivity contribution in [1.82, 2.24) is 10.0 Å². The number of thiophene rings is 1. The van der Waals surface area contributed by atoms with E-state index in [1.807, 2.05) is 0 Å². The van der Waals surface area contributed by atoms with E-state index in [9.17, 15) is 13.2 Å². The number of carbonyl (C=O) groups excluding carboxylic acids is 1. The van der Waals surface area contributed by atoms with Gasteiger partial charge in [-0.15, -0.1) is 11.3 Å². The molecule has 1 aromatic heterocycles. The molecule has 0 saturated heterocycles. The third-order valence-corrected chi connectivity index (χ3v) is 6.15. The first-order valence-electron chi connectivity index (χ1n) is 6.08. The zero-order valence-electron chi connectivity index (χ0n) is 11.4. The summed E-state index contributed by atoms with van der Waals surface area (Å²) in [5.74, 6) is -0.337. The number of amides is 1. The number of sulfonamides is 1. The highest BCUT2D eigenvalue weighted by atomic mass is 35.5. The molecule has 2 rings (SSSR count). The van der Waals surface area contributed by atoms with Crippen molar-refractivity contribution in [2.45, 2.75) is 10.8 Å². The van der Waals surface area contributed by atoms with Crippen LogP contribution in [0.15, 0.2) is 34.5 Å². The Morgan fingerprint density at radius 1 is 1.18 bits per heavy atom. The molecular formula is C13H12Cl2N2O3S2. The molecule has 0 bridgehead atoms. The minimum absolute atomic E-state index is 0.199. The minimum atomic E-state index is -3.46. The van der Waals surface area contributed by atoms with Crippen molar-refractivity contribution in [3.05, 3.63) is 50.8 Å². The standard InChI is InChI=1S/C13H12Cl2N2O3S2/c1-16-22(19,20)12-3-2-11(21-12)7-17-13(18)8-4-9(14)6-10(15)5-8/h2-6,16H,7H2,1H3,(H,17,18). The van der Waals surface area contributed by atoms with E-state index in [-0.39, 0.29) is 16.7 Å². The average Bonchev–Trinajstić information content (AvgIpc) is 2.93. The van der Waals surface area contributed by atoms with E-state index in [1.54, 1.807) is 6.07 Å². The fraction of sp³-hybridized carbons (Fsp3) is 0.154. The second-order valence-electron chi connectivity index (χ2n) is 4.27. The Kier molecular flexibility index (Phi) is 5.46. The van der Waals surface area contributed by atoms with E-state index in [0.717, 1.165) is 16.2 Å². The van der Waals surface area contributed by atoms with Crippen molar-refractivity contribution in [3.63, 3.8) is 0 Å². The monoisotopic (exact) mass is 378 g/mol. The van der Waals surface area contributed by atoms with Gasteiger partial charge in [-0.1, -0.05) is 23.2 Å². The minimum Gasteiger partial charge on any atom is -0.347 e. The molecule has 0 unspecified atom stereocenters. The molecule has 1 aromatic carbocycles. The average molecular weight is 379 g/mol. The summed E-state index contributed by atoms with van der Waals surface area (Å²) in [5.41, 5.74) is 0.345. The van der Waals surface area contributed by atoms with Crippen LogP contribution in [0.1, 0.15) is 15.2 Å². The molecule has 5 nitrogen and oxygen atoms in total. The van der Waals surface area contributed by atoms with E-state index in [4.69, 9.17) is 23.2 Å². The van der Waals surface area contributed by atoms with Crippen molar-refractivity contribution in [3.8, 4) is 0 Å². The van der Waals surface area contributed by atoms with Gasteiger partial charge >= 0.3 is 0 Å². The number of hydrogen-bond acceptors (Lipinski definition) is 4. The van der Waals surface area contributed by atoms with Crippen LogP contribution >= 0.6 is 34.5 Å². The SMILES string of the molecule is CNS(=O)(=O)c1ccc(CNC(=O)c2cc(Cl)cc(Cl)c2)s1. The van der Waals surface area contributed by atoms with Gasteiger partial charge in [0.2, 0.25) is 10.0 Å². The summed E-state index contributed by atoms with van der Waals surface area (Å²) in [5, 5.41) is 3.43. The molecule has 9 heteroatoms. The van der Waals surface area contributed by atoms with E-state index < -0.39 is 10.0 Å². The summed E-state index contributed by atoms with van der Waals surface area (Å²) in [4.78, 5) is 12.7.